The highest BCUT2D eigenvalue weighted by Gasteiger charge is 2.30. The monoisotopic (exact) mass is 390 g/mol. The smallest absolute Gasteiger partial charge is 0.459 e. The molecule has 144 valence electrons. The molecule has 0 saturated heterocycles. The Morgan fingerprint density at radius 1 is 0.821 bits per heavy atom. The summed E-state index contributed by atoms with van der Waals surface area (Å²) in [4.78, 5) is 24.1. The lowest BCUT2D eigenvalue weighted by Gasteiger charge is -2.10. The van der Waals surface area contributed by atoms with E-state index in [0.29, 0.717) is 16.9 Å². The van der Waals surface area contributed by atoms with Gasteiger partial charge in [0.15, 0.2) is 5.76 Å². The summed E-state index contributed by atoms with van der Waals surface area (Å²) in [6.07, 6.45) is -3.40. The summed E-state index contributed by atoms with van der Waals surface area (Å²) in [7, 11) is 0. The third-order valence-corrected chi connectivity index (χ3v) is 3.50. The zero-order valence-electron chi connectivity index (χ0n) is 14.1. The van der Waals surface area contributed by atoms with E-state index in [4.69, 9.17) is 4.42 Å². The van der Waals surface area contributed by atoms with E-state index < -0.39 is 18.2 Å². The molecule has 3 aromatic rings. The van der Waals surface area contributed by atoms with Crippen LogP contribution in [-0.2, 0) is 0 Å². The molecule has 1 heterocycles. The van der Waals surface area contributed by atoms with Crippen LogP contribution < -0.4 is 15.4 Å². The Hall–Kier alpha value is -3.75. The third-order valence-electron chi connectivity index (χ3n) is 3.50. The minimum Gasteiger partial charge on any atom is -0.459 e. The molecule has 2 aromatic carbocycles. The number of hydrogen-bond donors (Lipinski definition) is 2. The number of ether oxygens (including phenoxy) is 1. The number of halogens is 3. The molecule has 2 N–H and O–H groups in total. The zero-order chi connectivity index (χ0) is 20.1. The standard InChI is InChI=1S/C19H13F3N2O4/c20-19(21,22)28-15-9-7-14(8-10-15)23-17(25)12-3-5-13(6-4-12)24-18(26)16-2-1-11-27-16/h1-11H,(H,23,25)(H,24,26). The number of benzene rings is 2. The van der Waals surface area contributed by atoms with E-state index in [1.165, 1.54) is 48.7 Å². The van der Waals surface area contributed by atoms with Crippen LogP contribution in [0.1, 0.15) is 20.9 Å². The third kappa shape index (κ3) is 5.13. The number of anilines is 2. The van der Waals surface area contributed by atoms with Crippen LogP contribution in [0, 0.1) is 0 Å². The molecule has 6 nitrogen and oxygen atoms in total. The van der Waals surface area contributed by atoms with E-state index in [0.717, 1.165) is 12.1 Å². The Kier molecular flexibility index (Phi) is 5.35. The van der Waals surface area contributed by atoms with E-state index >= 15 is 0 Å². The summed E-state index contributed by atoms with van der Waals surface area (Å²) in [6, 6.07) is 13.9. The van der Waals surface area contributed by atoms with Crippen molar-refractivity contribution in [2.75, 3.05) is 10.6 Å². The highest BCUT2D eigenvalue weighted by molar-refractivity contribution is 6.05. The van der Waals surface area contributed by atoms with Gasteiger partial charge in [0.25, 0.3) is 11.8 Å². The molecule has 1 aromatic heterocycles. The van der Waals surface area contributed by atoms with Gasteiger partial charge in [0.1, 0.15) is 5.75 Å². The molecular formula is C19H13F3N2O4. The van der Waals surface area contributed by atoms with Crippen LogP contribution in [0.3, 0.4) is 0 Å². The molecule has 3 rings (SSSR count). The van der Waals surface area contributed by atoms with Gasteiger partial charge in [0.2, 0.25) is 0 Å². The van der Waals surface area contributed by atoms with Crippen molar-refractivity contribution in [2.45, 2.75) is 6.36 Å². The Bertz CT molecular complexity index is 950. The van der Waals surface area contributed by atoms with Gasteiger partial charge in [-0.25, -0.2) is 0 Å². The predicted molar refractivity (Wildman–Crippen MR) is 94.2 cm³/mol. The topological polar surface area (TPSA) is 80.6 Å². The van der Waals surface area contributed by atoms with Crippen LogP contribution in [0.5, 0.6) is 5.75 Å². The van der Waals surface area contributed by atoms with E-state index in [1.54, 1.807) is 6.07 Å². The minimum absolute atomic E-state index is 0.153. The predicted octanol–water partition coefficient (Wildman–Crippen LogP) is 4.68. The number of furan rings is 1. The number of hydrogen-bond acceptors (Lipinski definition) is 4. The molecule has 0 saturated carbocycles. The molecule has 0 aliphatic heterocycles. The molecule has 28 heavy (non-hydrogen) atoms. The second kappa shape index (κ2) is 7.87. The minimum atomic E-state index is -4.78. The summed E-state index contributed by atoms with van der Waals surface area (Å²) in [5, 5.41) is 5.17. The van der Waals surface area contributed by atoms with Crippen LogP contribution in [0.4, 0.5) is 24.5 Å². The quantitative estimate of drug-likeness (QED) is 0.663. The van der Waals surface area contributed by atoms with Gasteiger partial charge in [-0.15, -0.1) is 13.2 Å². The molecule has 0 atom stereocenters. The number of nitrogens with one attached hydrogen (secondary N) is 2. The highest BCUT2D eigenvalue weighted by atomic mass is 19.4. The Morgan fingerprint density at radius 3 is 1.93 bits per heavy atom. The van der Waals surface area contributed by atoms with Crippen molar-refractivity contribution in [3.05, 3.63) is 78.3 Å². The molecule has 0 aliphatic carbocycles. The fourth-order valence-electron chi connectivity index (χ4n) is 2.25. The Balaban J connectivity index is 1.59. The first kappa shape index (κ1) is 19.0. The Morgan fingerprint density at radius 2 is 1.39 bits per heavy atom. The van der Waals surface area contributed by atoms with Gasteiger partial charge < -0.3 is 19.8 Å². The van der Waals surface area contributed by atoms with E-state index in [1.807, 2.05) is 0 Å². The van der Waals surface area contributed by atoms with Crippen LogP contribution in [-0.4, -0.2) is 18.2 Å². The highest BCUT2D eigenvalue weighted by Crippen LogP contribution is 2.24. The Labute approximate surface area is 156 Å². The van der Waals surface area contributed by atoms with Gasteiger partial charge in [0.05, 0.1) is 6.26 Å². The molecule has 0 spiro atoms. The molecule has 9 heteroatoms. The van der Waals surface area contributed by atoms with Crippen molar-refractivity contribution < 1.29 is 31.9 Å². The SMILES string of the molecule is O=C(Nc1ccc(OC(F)(F)F)cc1)c1ccc(NC(=O)c2ccco2)cc1. The van der Waals surface area contributed by atoms with Gasteiger partial charge >= 0.3 is 6.36 Å². The van der Waals surface area contributed by atoms with Gasteiger partial charge in [0, 0.05) is 16.9 Å². The summed E-state index contributed by atoms with van der Waals surface area (Å²) in [5.41, 5.74) is 1.06. The second-order valence-corrected chi connectivity index (χ2v) is 5.54. The van der Waals surface area contributed by atoms with Crippen LogP contribution in [0.15, 0.2) is 71.3 Å². The first-order valence-corrected chi connectivity index (χ1v) is 7.92. The lowest BCUT2D eigenvalue weighted by molar-refractivity contribution is -0.274. The van der Waals surface area contributed by atoms with Crippen LogP contribution in [0.25, 0.3) is 0 Å². The maximum atomic E-state index is 12.2. The summed E-state index contributed by atoms with van der Waals surface area (Å²) in [5.74, 6) is -1.13. The number of carbonyl (C=O) groups excluding carboxylic acids is 2. The molecule has 0 bridgehead atoms. The van der Waals surface area contributed by atoms with Gasteiger partial charge in [-0.1, -0.05) is 0 Å². The molecule has 2 amide bonds. The summed E-state index contributed by atoms with van der Waals surface area (Å²) < 4.78 is 45.2. The normalized spacial score (nSPS) is 11.0. The van der Waals surface area contributed by atoms with Crippen LogP contribution in [0.2, 0.25) is 0 Å². The van der Waals surface area contributed by atoms with E-state index in [9.17, 15) is 22.8 Å². The number of rotatable bonds is 5. The fourth-order valence-corrected chi connectivity index (χ4v) is 2.25. The summed E-state index contributed by atoms with van der Waals surface area (Å²) in [6.45, 7) is 0. The second-order valence-electron chi connectivity index (χ2n) is 5.54. The van der Waals surface area contributed by atoms with E-state index in [2.05, 4.69) is 15.4 Å². The van der Waals surface area contributed by atoms with Gasteiger partial charge in [-0.3, -0.25) is 9.59 Å². The molecule has 0 aliphatic rings. The maximum Gasteiger partial charge on any atom is 0.573 e. The van der Waals surface area contributed by atoms with Crippen molar-refractivity contribution in [3.8, 4) is 5.75 Å². The largest absolute Gasteiger partial charge is 0.573 e. The molecule has 0 unspecified atom stereocenters. The van der Waals surface area contributed by atoms with Crippen molar-refractivity contribution in [1.29, 1.82) is 0 Å². The van der Waals surface area contributed by atoms with Crippen LogP contribution >= 0.6 is 0 Å². The number of amides is 2. The first-order valence-electron chi connectivity index (χ1n) is 7.92. The van der Waals surface area contributed by atoms with Gasteiger partial charge in [-0.05, 0) is 60.7 Å². The number of alkyl halides is 3. The average Bonchev–Trinajstić information content (AvgIpc) is 3.17. The fraction of sp³-hybridized carbons (Fsp3) is 0.0526. The summed E-state index contributed by atoms with van der Waals surface area (Å²) >= 11 is 0. The maximum absolute atomic E-state index is 12.2. The lowest BCUT2D eigenvalue weighted by Crippen LogP contribution is -2.17. The molecule has 0 radical (unpaired) electrons. The zero-order valence-corrected chi connectivity index (χ0v) is 14.1. The van der Waals surface area contributed by atoms with Crippen molar-refractivity contribution in [2.24, 2.45) is 0 Å². The average molecular weight is 390 g/mol. The lowest BCUT2D eigenvalue weighted by atomic mass is 10.2. The number of carbonyl (C=O) groups is 2. The van der Waals surface area contributed by atoms with Crippen molar-refractivity contribution in [3.63, 3.8) is 0 Å². The molecular weight excluding hydrogens is 377 g/mol. The van der Waals surface area contributed by atoms with Gasteiger partial charge in [-0.2, -0.15) is 0 Å². The van der Waals surface area contributed by atoms with Crippen molar-refractivity contribution in [1.82, 2.24) is 0 Å². The first-order chi connectivity index (χ1) is 13.3. The van der Waals surface area contributed by atoms with Crippen molar-refractivity contribution >= 4 is 23.2 Å². The van der Waals surface area contributed by atoms with E-state index in [-0.39, 0.29) is 11.5 Å². The molecule has 0 fully saturated rings.